The summed E-state index contributed by atoms with van der Waals surface area (Å²) in [5.41, 5.74) is 5.75. The topological polar surface area (TPSA) is 75.4 Å². The highest BCUT2D eigenvalue weighted by atomic mass is 16.2. The molecule has 0 aliphatic rings. The molecule has 0 aromatic heterocycles. The fourth-order valence-corrected chi connectivity index (χ4v) is 2.12. The molecule has 0 aliphatic heterocycles. The van der Waals surface area contributed by atoms with Crippen LogP contribution in [-0.4, -0.2) is 36.3 Å². The predicted molar refractivity (Wildman–Crippen MR) is 83.5 cm³/mol. The van der Waals surface area contributed by atoms with Crippen molar-refractivity contribution in [1.82, 2.24) is 10.2 Å². The Kier molecular flexibility index (Phi) is 6.37. The van der Waals surface area contributed by atoms with Crippen LogP contribution >= 0.6 is 0 Å². The van der Waals surface area contributed by atoms with Crippen molar-refractivity contribution < 1.29 is 9.59 Å². The second-order valence-corrected chi connectivity index (χ2v) is 5.14. The second-order valence-electron chi connectivity index (χ2n) is 5.14. The Labute approximate surface area is 126 Å². The van der Waals surface area contributed by atoms with Crippen molar-refractivity contribution >= 4 is 11.8 Å². The summed E-state index contributed by atoms with van der Waals surface area (Å²) in [5.74, 6) is -0.236. The van der Waals surface area contributed by atoms with Gasteiger partial charge in [-0.1, -0.05) is 30.3 Å². The lowest BCUT2D eigenvalue weighted by Crippen LogP contribution is -2.49. The van der Waals surface area contributed by atoms with Crippen LogP contribution in [0.5, 0.6) is 0 Å². The fourth-order valence-electron chi connectivity index (χ4n) is 2.12. The maximum absolute atomic E-state index is 12.2. The first kappa shape index (κ1) is 17.2. The van der Waals surface area contributed by atoms with E-state index in [1.54, 1.807) is 11.8 Å². The lowest BCUT2D eigenvalue weighted by atomic mass is 9.92. The van der Waals surface area contributed by atoms with Gasteiger partial charge in [0, 0.05) is 26.1 Å². The summed E-state index contributed by atoms with van der Waals surface area (Å²) in [6.45, 7) is 7.21. The average Bonchev–Trinajstić information content (AvgIpc) is 2.49. The minimum absolute atomic E-state index is 0.0405. The number of carbonyl (C=O) groups is 2. The van der Waals surface area contributed by atoms with Gasteiger partial charge in [0.05, 0.1) is 0 Å². The number of nitrogens with zero attached hydrogens (tertiary/aromatic N) is 1. The van der Waals surface area contributed by atoms with E-state index >= 15 is 0 Å². The number of amides is 2. The van der Waals surface area contributed by atoms with Crippen LogP contribution in [0.3, 0.4) is 0 Å². The van der Waals surface area contributed by atoms with E-state index in [1.807, 2.05) is 44.2 Å². The van der Waals surface area contributed by atoms with Gasteiger partial charge in [0.15, 0.2) is 0 Å². The van der Waals surface area contributed by atoms with Crippen molar-refractivity contribution in [2.45, 2.75) is 32.7 Å². The summed E-state index contributed by atoms with van der Waals surface area (Å²) < 4.78 is 0. The number of rotatable bonds is 7. The van der Waals surface area contributed by atoms with Crippen LogP contribution in [-0.2, 0) is 15.1 Å². The minimum atomic E-state index is -1.10. The molecule has 21 heavy (non-hydrogen) atoms. The van der Waals surface area contributed by atoms with Crippen LogP contribution < -0.4 is 11.1 Å². The normalized spacial score (nSPS) is 13.3. The molecule has 1 aromatic carbocycles. The maximum Gasteiger partial charge on any atom is 0.244 e. The second kappa shape index (κ2) is 7.78. The van der Waals surface area contributed by atoms with Gasteiger partial charge in [-0.05, 0) is 26.3 Å². The molecule has 0 heterocycles. The predicted octanol–water partition coefficient (Wildman–Crippen LogP) is 1.24. The smallest absolute Gasteiger partial charge is 0.244 e. The minimum Gasteiger partial charge on any atom is -0.354 e. The zero-order valence-corrected chi connectivity index (χ0v) is 13.1. The molecule has 1 rings (SSSR count). The Bertz CT molecular complexity index is 468. The van der Waals surface area contributed by atoms with Gasteiger partial charge in [-0.2, -0.15) is 0 Å². The molecule has 1 aromatic rings. The zero-order valence-electron chi connectivity index (χ0n) is 13.1. The van der Waals surface area contributed by atoms with Crippen molar-refractivity contribution in [1.29, 1.82) is 0 Å². The van der Waals surface area contributed by atoms with Gasteiger partial charge in [-0.25, -0.2) is 0 Å². The highest BCUT2D eigenvalue weighted by Crippen LogP contribution is 2.17. The Morgan fingerprint density at radius 1 is 1.19 bits per heavy atom. The molecule has 2 amide bonds. The van der Waals surface area contributed by atoms with Gasteiger partial charge >= 0.3 is 0 Å². The van der Waals surface area contributed by atoms with E-state index in [2.05, 4.69) is 5.32 Å². The van der Waals surface area contributed by atoms with E-state index in [4.69, 9.17) is 5.73 Å². The summed E-state index contributed by atoms with van der Waals surface area (Å²) in [4.78, 5) is 25.8. The first-order chi connectivity index (χ1) is 9.93. The lowest BCUT2D eigenvalue weighted by Gasteiger charge is -2.24. The van der Waals surface area contributed by atoms with Crippen LogP contribution in [0, 0.1) is 0 Å². The van der Waals surface area contributed by atoms with E-state index in [9.17, 15) is 9.59 Å². The summed E-state index contributed by atoms with van der Waals surface area (Å²) >= 11 is 0. The van der Waals surface area contributed by atoms with E-state index in [-0.39, 0.29) is 18.2 Å². The molecule has 3 N–H and O–H groups in total. The monoisotopic (exact) mass is 291 g/mol. The summed E-state index contributed by atoms with van der Waals surface area (Å²) in [6, 6.07) is 9.21. The van der Waals surface area contributed by atoms with Crippen molar-refractivity contribution in [2.75, 3.05) is 19.6 Å². The molecule has 0 spiro atoms. The Hall–Kier alpha value is -1.88. The van der Waals surface area contributed by atoms with Crippen LogP contribution in [0.25, 0.3) is 0 Å². The molecule has 0 radical (unpaired) electrons. The maximum atomic E-state index is 12.2. The highest BCUT2D eigenvalue weighted by Gasteiger charge is 2.30. The summed E-state index contributed by atoms with van der Waals surface area (Å²) in [5, 5.41) is 2.74. The molecule has 1 unspecified atom stereocenters. The SMILES string of the molecule is CCN(CC)C(=O)CCNC(=O)C(C)(N)c1ccccc1. The third-order valence-corrected chi connectivity index (χ3v) is 3.59. The van der Waals surface area contributed by atoms with Gasteiger partial charge in [0.1, 0.15) is 5.54 Å². The highest BCUT2D eigenvalue weighted by molar-refractivity contribution is 5.87. The molecular formula is C16H25N3O2. The third kappa shape index (κ3) is 4.56. The number of nitrogens with one attached hydrogen (secondary N) is 1. The molecule has 0 saturated heterocycles. The van der Waals surface area contributed by atoms with Crippen LogP contribution in [0.2, 0.25) is 0 Å². The molecule has 0 bridgehead atoms. The van der Waals surface area contributed by atoms with Gasteiger partial charge in [-0.3, -0.25) is 9.59 Å². The Balaban J connectivity index is 2.52. The number of benzene rings is 1. The molecule has 0 fully saturated rings. The van der Waals surface area contributed by atoms with E-state index in [0.717, 1.165) is 5.56 Å². The largest absolute Gasteiger partial charge is 0.354 e. The molecule has 5 heteroatoms. The van der Waals surface area contributed by atoms with Gasteiger partial charge in [0.25, 0.3) is 0 Å². The zero-order chi connectivity index (χ0) is 15.9. The molecule has 5 nitrogen and oxygen atoms in total. The van der Waals surface area contributed by atoms with E-state index in [1.165, 1.54) is 0 Å². The molecule has 0 aliphatic carbocycles. The number of hydrogen-bond acceptors (Lipinski definition) is 3. The van der Waals surface area contributed by atoms with Crippen molar-refractivity contribution in [3.63, 3.8) is 0 Å². The number of nitrogens with two attached hydrogens (primary N) is 1. The quantitative estimate of drug-likeness (QED) is 0.793. The van der Waals surface area contributed by atoms with E-state index < -0.39 is 5.54 Å². The first-order valence-corrected chi connectivity index (χ1v) is 7.33. The number of hydrogen-bond donors (Lipinski definition) is 2. The summed E-state index contributed by atoms with van der Waals surface area (Å²) in [6.07, 6.45) is 0.290. The number of carbonyl (C=O) groups excluding carboxylic acids is 2. The molecule has 0 saturated carbocycles. The van der Waals surface area contributed by atoms with Gasteiger partial charge in [0.2, 0.25) is 11.8 Å². The first-order valence-electron chi connectivity index (χ1n) is 7.33. The fraction of sp³-hybridized carbons (Fsp3) is 0.500. The van der Waals surface area contributed by atoms with Gasteiger partial charge in [-0.15, -0.1) is 0 Å². The molecular weight excluding hydrogens is 266 g/mol. The standard InChI is InChI=1S/C16H25N3O2/c1-4-19(5-2)14(20)11-12-18-15(21)16(3,17)13-9-7-6-8-10-13/h6-10H,4-5,11-12,17H2,1-3H3,(H,18,21). The van der Waals surface area contributed by atoms with E-state index in [0.29, 0.717) is 19.6 Å². The van der Waals surface area contributed by atoms with Gasteiger partial charge < -0.3 is 16.0 Å². The van der Waals surface area contributed by atoms with Crippen molar-refractivity contribution in [3.8, 4) is 0 Å². The van der Waals surface area contributed by atoms with Crippen molar-refractivity contribution in [3.05, 3.63) is 35.9 Å². The Morgan fingerprint density at radius 2 is 1.76 bits per heavy atom. The average molecular weight is 291 g/mol. The van der Waals surface area contributed by atoms with Crippen molar-refractivity contribution in [2.24, 2.45) is 5.73 Å². The molecule has 1 atom stereocenters. The summed E-state index contributed by atoms with van der Waals surface area (Å²) in [7, 11) is 0. The lowest BCUT2D eigenvalue weighted by molar-refractivity contribution is -0.131. The van der Waals surface area contributed by atoms with Crippen LogP contribution in [0.4, 0.5) is 0 Å². The van der Waals surface area contributed by atoms with Crippen LogP contribution in [0.15, 0.2) is 30.3 Å². The Morgan fingerprint density at radius 3 is 2.29 bits per heavy atom. The van der Waals surface area contributed by atoms with Crippen LogP contribution in [0.1, 0.15) is 32.8 Å². The molecule has 116 valence electrons. The third-order valence-electron chi connectivity index (χ3n) is 3.59.